The Hall–Kier alpha value is -2.95. The number of benzene rings is 2. The van der Waals surface area contributed by atoms with Gasteiger partial charge in [0.05, 0.1) is 0 Å². The summed E-state index contributed by atoms with van der Waals surface area (Å²) in [5.41, 5.74) is 2.28. The summed E-state index contributed by atoms with van der Waals surface area (Å²) in [4.78, 5) is 8.43. The molecule has 1 aromatic heterocycles. The number of nitrogens with zero attached hydrogens (tertiary/aromatic N) is 2. The van der Waals surface area contributed by atoms with E-state index in [9.17, 15) is 4.39 Å². The number of halogens is 1. The number of rotatable bonds is 7. The van der Waals surface area contributed by atoms with E-state index in [1.54, 1.807) is 12.1 Å². The summed E-state index contributed by atoms with van der Waals surface area (Å²) in [7, 11) is 0. The molecule has 122 valence electrons. The second-order valence-electron chi connectivity index (χ2n) is 5.43. The van der Waals surface area contributed by atoms with Gasteiger partial charge in [-0.05, 0) is 29.7 Å². The van der Waals surface area contributed by atoms with E-state index in [1.165, 1.54) is 24.0 Å². The molecule has 3 aromatic rings. The van der Waals surface area contributed by atoms with E-state index in [0.717, 1.165) is 30.2 Å². The zero-order valence-electron chi connectivity index (χ0n) is 13.2. The van der Waals surface area contributed by atoms with E-state index in [4.69, 9.17) is 0 Å². The molecule has 0 radical (unpaired) electrons. The molecule has 0 aliphatic carbocycles. The lowest BCUT2D eigenvalue weighted by molar-refractivity contribution is 0.627. The van der Waals surface area contributed by atoms with Crippen molar-refractivity contribution in [3.8, 4) is 0 Å². The molecular formula is C19H19FN4. The van der Waals surface area contributed by atoms with Crippen molar-refractivity contribution in [2.24, 2.45) is 0 Å². The molecule has 0 saturated heterocycles. The van der Waals surface area contributed by atoms with Crippen molar-refractivity contribution in [2.75, 3.05) is 17.2 Å². The van der Waals surface area contributed by atoms with Gasteiger partial charge in [-0.15, -0.1) is 0 Å². The molecule has 0 aliphatic heterocycles. The maximum atomic E-state index is 12.9. The first-order valence-corrected chi connectivity index (χ1v) is 7.88. The van der Waals surface area contributed by atoms with Crippen LogP contribution >= 0.6 is 0 Å². The standard InChI is InChI=1S/C19H19FN4/c20-17-8-6-16(7-9-17)13-22-19-12-18(23-14-24-19)21-11-10-15-4-2-1-3-5-15/h1-9,12,14H,10-11,13H2,(H2,21,22,23,24). The molecule has 1 heterocycles. The Bertz CT molecular complexity index is 760. The minimum absolute atomic E-state index is 0.231. The lowest BCUT2D eigenvalue weighted by Gasteiger charge is -2.09. The highest BCUT2D eigenvalue weighted by molar-refractivity contribution is 5.46. The summed E-state index contributed by atoms with van der Waals surface area (Å²) in [6.45, 7) is 1.39. The Kier molecular flexibility index (Phi) is 5.35. The van der Waals surface area contributed by atoms with Crippen molar-refractivity contribution >= 4 is 11.6 Å². The fourth-order valence-corrected chi connectivity index (χ4v) is 2.33. The molecule has 0 atom stereocenters. The molecule has 2 N–H and O–H groups in total. The number of hydrogen-bond acceptors (Lipinski definition) is 4. The van der Waals surface area contributed by atoms with Gasteiger partial charge in [0, 0.05) is 19.2 Å². The molecular weight excluding hydrogens is 303 g/mol. The van der Waals surface area contributed by atoms with Crippen molar-refractivity contribution in [3.05, 3.63) is 83.9 Å². The van der Waals surface area contributed by atoms with E-state index in [2.05, 4.69) is 32.7 Å². The summed E-state index contributed by atoms with van der Waals surface area (Å²) >= 11 is 0. The largest absolute Gasteiger partial charge is 0.370 e. The third-order valence-electron chi connectivity index (χ3n) is 3.62. The quantitative estimate of drug-likeness (QED) is 0.693. The van der Waals surface area contributed by atoms with Crippen LogP contribution in [0.25, 0.3) is 0 Å². The minimum atomic E-state index is -0.231. The lowest BCUT2D eigenvalue weighted by atomic mass is 10.1. The van der Waals surface area contributed by atoms with Crippen LogP contribution in [0.5, 0.6) is 0 Å². The van der Waals surface area contributed by atoms with Crippen LogP contribution in [0.1, 0.15) is 11.1 Å². The third kappa shape index (κ3) is 4.78. The maximum absolute atomic E-state index is 12.9. The number of hydrogen-bond donors (Lipinski definition) is 2. The Morgan fingerprint density at radius 3 is 2.25 bits per heavy atom. The highest BCUT2D eigenvalue weighted by Crippen LogP contribution is 2.11. The van der Waals surface area contributed by atoms with E-state index >= 15 is 0 Å². The first-order chi connectivity index (χ1) is 11.8. The van der Waals surface area contributed by atoms with Gasteiger partial charge in [-0.1, -0.05) is 42.5 Å². The molecule has 0 aliphatic rings. The van der Waals surface area contributed by atoms with Gasteiger partial charge in [0.2, 0.25) is 0 Å². The summed E-state index contributed by atoms with van der Waals surface area (Å²) in [5, 5.41) is 6.51. The molecule has 4 nitrogen and oxygen atoms in total. The monoisotopic (exact) mass is 322 g/mol. The van der Waals surface area contributed by atoms with Crippen LogP contribution in [0.4, 0.5) is 16.0 Å². The SMILES string of the molecule is Fc1ccc(CNc2cc(NCCc3ccccc3)ncn2)cc1. The highest BCUT2D eigenvalue weighted by Gasteiger charge is 2.00. The number of aromatic nitrogens is 2. The van der Waals surface area contributed by atoms with Crippen molar-refractivity contribution < 1.29 is 4.39 Å². The molecule has 0 spiro atoms. The van der Waals surface area contributed by atoms with Crippen LogP contribution in [-0.2, 0) is 13.0 Å². The molecule has 3 rings (SSSR count). The topological polar surface area (TPSA) is 49.8 Å². The first kappa shape index (κ1) is 15.9. The number of nitrogens with one attached hydrogen (secondary N) is 2. The van der Waals surface area contributed by atoms with Crippen molar-refractivity contribution in [1.82, 2.24) is 9.97 Å². The van der Waals surface area contributed by atoms with E-state index in [-0.39, 0.29) is 5.82 Å². The molecule has 0 bridgehead atoms. The van der Waals surface area contributed by atoms with Gasteiger partial charge in [-0.2, -0.15) is 0 Å². The Morgan fingerprint density at radius 1 is 0.792 bits per heavy atom. The summed E-state index contributed by atoms with van der Waals surface area (Å²) in [5.74, 6) is 1.28. The molecule has 0 saturated carbocycles. The van der Waals surface area contributed by atoms with Crippen molar-refractivity contribution in [3.63, 3.8) is 0 Å². The lowest BCUT2D eigenvalue weighted by Crippen LogP contribution is -2.08. The fourth-order valence-electron chi connectivity index (χ4n) is 2.33. The van der Waals surface area contributed by atoms with E-state index in [0.29, 0.717) is 6.54 Å². The van der Waals surface area contributed by atoms with Crippen molar-refractivity contribution in [1.29, 1.82) is 0 Å². The second-order valence-corrected chi connectivity index (χ2v) is 5.43. The third-order valence-corrected chi connectivity index (χ3v) is 3.62. The van der Waals surface area contributed by atoms with Gasteiger partial charge in [0.1, 0.15) is 23.8 Å². The molecule has 0 fully saturated rings. The Balaban J connectivity index is 1.51. The highest BCUT2D eigenvalue weighted by atomic mass is 19.1. The minimum Gasteiger partial charge on any atom is -0.370 e. The van der Waals surface area contributed by atoms with Gasteiger partial charge >= 0.3 is 0 Å². The van der Waals surface area contributed by atoms with E-state index < -0.39 is 0 Å². The zero-order valence-corrected chi connectivity index (χ0v) is 13.2. The summed E-state index contributed by atoms with van der Waals surface area (Å²) < 4.78 is 12.9. The van der Waals surface area contributed by atoms with Gasteiger partial charge in [0.25, 0.3) is 0 Å². The molecule has 0 amide bonds. The van der Waals surface area contributed by atoms with Crippen molar-refractivity contribution in [2.45, 2.75) is 13.0 Å². The number of anilines is 2. The predicted molar refractivity (Wildman–Crippen MR) is 94.4 cm³/mol. The average molecular weight is 322 g/mol. The fraction of sp³-hybridized carbons (Fsp3) is 0.158. The van der Waals surface area contributed by atoms with Gasteiger partial charge < -0.3 is 10.6 Å². The Labute approximate surface area is 140 Å². The molecule has 2 aromatic carbocycles. The van der Waals surface area contributed by atoms with E-state index in [1.807, 2.05) is 24.3 Å². The Morgan fingerprint density at radius 2 is 1.50 bits per heavy atom. The summed E-state index contributed by atoms with van der Waals surface area (Å²) in [6, 6.07) is 18.6. The first-order valence-electron chi connectivity index (χ1n) is 7.88. The maximum Gasteiger partial charge on any atom is 0.131 e. The smallest absolute Gasteiger partial charge is 0.131 e. The molecule has 5 heteroatoms. The molecule has 0 unspecified atom stereocenters. The van der Waals surface area contributed by atoms with Gasteiger partial charge in [-0.25, -0.2) is 14.4 Å². The zero-order chi connectivity index (χ0) is 16.6. The van der Waals surface area contributed by atoms with Gasteiger partial charge in [0.15, 0.2) is 0 Å². The normalized spacial score (nSPS) is 10.4. The van der Waals surface area contributed by atoms with Crippen LogP contribution in [0.3, 0.4) is 0 Å². The van der Waals surface area contributed by atoms with Gasteiger partial charge in [-0.3, -0.25) is 0 Å². The second kappa shape index (κ2) is 8.06. The molecule has 24 heavy (non-hydrogen) atoms. The van der Waals surface area contributed by atoms with Crippen LogP contribution < -0.4 is 10.6 Å². The van der Waals surface area contributed by atoms with Crippen LogP contribution in [0.2, 0.25) is 0 Å². The predicted octanol–water partition coefficient (Wildman–Crippen LogP) is 3.88. The summed E-state index contributed by atoms with van der Waals surface area (Å²) in [6.07, 6.45) is 2.46. The van der Waals surface area contributed by atoms with Crippen LogP contribution in [0, 0.1) is 5.82 Å². The van der Waals surface area contributed by atoms with Crippen LogP contribution in [-0.4, -0.2) is 16.5 Å². The average Bonchev–Trinajstić information content (AvgIpc) is 2.63. The van der Waals surface area contributed by atoms with Crippen LogP contribution in [0.15, 0.2) is 67.0 Å².